The van der Waals surface area contributed by atoms with Gasteiger partial charge in [0.15, 0.2) is 0 Å². The number of carbonyl (C=O) groups is 1. The minimum atomic E-state index is -0.160. The van der Waals surface area contributed by atoms with Crippen LogP contribution in [-0.4, -0.2) is 24.1 Å². The molecule has 1 rings (SSSR count). The zero-order valence-electron chi connectivity index (χ0n) is 11.3. The first-order chi connectivity index (χ1) is 8.54. The van der Waals surface area contributed by atoms with Gasteiger partial charge >= 0.3 is 0 Å². The number of hydrogen-bond donors (Lipinski definition) is 2. The number of benzene rings is 1. The second kappa shape index (κ2) is 6.40. The van der Waals surface area contributed by atoms with Gasteiger partial charge in [-0.05, 0) is 31.9 Å². The van der Waals surface area contributed by atoms with Gasteiger partial charge in [-0.25, -0.2) is 0 Å². The van der Waals surface area contributed by atoms with Crippen molar-refractivity contribution in [2.24, 2.45) is 11.7 Å². The average molecular weight is 250 g/mol. The van der Waals surface area contributed by atoms with Crippen molar-refractivity contribution >= 4 is 11.6 Å². The quantitative estimate of drug-likeness (QED) is 0.840. The molecule has 0 radical (unpaired) electrons. The van der Waals surface area contributed by atoms with Gasteiger partial charge in [-0.15, -0.1) is 0 Å². The molecule has 100 valence electrons. The van der Waals surface area contributed by atoms with Gasteiger partial charge in [0.05, 0.1) is 11.6 Å². The van der Waals surface area contributed by atoms with Crippen molar-refractivity contribution in [2.75, 3.05) is 18.0 Å². The Hall–Kier alpha value is -1.55. The SMILES string of the molecule is CCC(CN)C(=O)N(CC)c1cc(O)ccc1C. The molecule has 0 heterocycles. The van der Waals surface area contributed by atoms with Crippen LogP contribution in [0.25, 0.3) is 0 Å². The number of hydrogen-bond acceptors (Lipinski definition) is 3. The maximum Gasteiger partial charge on any atom is 0.231 e. The van der Waals surface area contributed by atoms with E-state index in [0.717, 1.165) is 17.7 Å². The first-order valence-electron chi connectivity index (χ1n) is 6.36. The Morgan fingerprint density at radius 1 is 1.44 bits per heavy atom. The molecule has 4 heteroatoms. The zero-order chi connectivity index (χ0) is 13.7. The molecular formula is C14H22N2O2. The molecule has 0 bridgehead atoms. The lowest BCUT2D eigenvalue weighted by atomic mass is 10.0. The van der Waals surface area contributed by atoms with Gasteiger partial charge < -0.3 is 15.7 Å². The van der Waals surface area contributed by atoms with E-state index in [1.165, 1.54) is 0 Å². The Morgan fingerprint density at radius 3 is 2.61 bits per heavy atom. The van der Waals surface area contributed by atoms with Crippen LogP contribution in [0.3, 0.4) is 0 Å². The van der Waals surface area contributed by atoms with Crippen LogP contribution >= 0.6 is 0 Å². The lowest BCUT2D eigenvalue weighted by Crippen LogP contribution is -2.39. The van der Waals surface area contributed by atoms with Crippen molar-refractivity contribution < 1.29 is 9.90 Å². The molecule has 1 aromatic rings. The topological polar surface area (TPSA) is 66.6 Å². The molecule has 0 aliphatic rings. The summed E-state index contributed by atoms with van der Waals surface area (Å²) in [5.41, 5.74) is 7.35. The molecule has 18 heavy (non-hydrogen) atoms. The summed E-state index contributed by atoms with van der Waals surface area (Å²) in [4.78, 5) is 14.1. The van der Waals surface area contributed by atoms with E-state index in [-0.39, 0.29) is 17.6 Å². The molecule has 0 aliphatic heterocycles. The Balaban J connectivity index is 3.09. The van der Waals surface area contributed by atoms with E-state index in [0.29, 0.717) is 13.1 Å². The second-order valence-corrected chi connectivity index (χ2v) is 4.39. The number of aryl methyl sites for hydroxylation is 1. The molecular weight excluding hydrogens is 228 g/mol. The zero-order valence-corrected chi connectivity index (χ0v) is 11.3. The standard InChI is InChI=1S/C14H22N2O2/c1-4-11(9-15)14(18)16(5-2)13-8-12(17)7-6-10(13)3/h6-8,11,17H,4-5,9,15H2,1-3H3. The van der Waals surface area contributed by atoms with Crippen molar-refractivity contribution in [3.8, 4) is 5.75 Å². The molecule has 1 unspecified atom stereocenters. The molecule has 1 atom stereocenters. The lowest BCUT2D eigenvalue weighted by Gasteiger charge is -2.26. The summed E-state index contributed by atoms with van der Waals surface area (Å²) in [5, 5.41) is 9.55. The fourth-order valence-electron chi connectivity index (χ4n) is 2.00. The Labute approximate surface area is 108 Å². The van der Waals surface area contributed by atoms with Crippen LogP contribution in [0.15, 0.2) is 18.2 Å². The average Bonchev–Trinajstić information content (AvgIpc) is 2.36. The third kappa shape index (κ3) is 3.01. The van der Waals surface area contributed by atoms with Crippen LogP contribution < -0.4 is 10.6 Å². The maximum absolute atomic E-state index is 12.4. The minimum Gasteiger partial charge on any atom is -0.508 e. The van der Waals surface area contributed by atoms with Crippen LogP contribution in [0.1, 0.15) is 25.8 Å². The molecule has 1 amide bonds. The summed E-state index contributed by atoms with van der Waals surface area (Å²) in [6.45, 7) is 6.72. The van der Waals surface area contributed by atoms with Gasteiger partial charge in [0.25, 0.3) is 0 Å². The Bertz CT molecular complexity index is 414. The molecule has 0 spiro atoms. The fraction of sp³-hybridized carbons (Fsp3) is 0.500. The lowest BCUT2D eigenvalue weighted by molar-refractivity contribution is -0.122. The fourth-order valence-corrected chi connectivity index (χ4v) is 2.00. The maximum atomic E-state index is 12.4. The number of anilines is 1. The van der Waals surface area contributed by atoms with E-state index >= 15 is 0 Å². The van der Waals surface area contributed by atoms with Gasteiger partial charge in [0.2, 0.25) is 5.91 Å². The Morgan fingerprint density at radius 2 is 2.11 bits per heavy atom. The molecule has 0 saturated carbocycles. The van der Waals surface area contributed by atoms with Gasteiger partial charge in [-0.3, -0.25) is 4.79 Å². The number of amides is 1. The number of nitrogens with two attached hydrogens (primary N) is 1. The summed E-state index contributed by atoms with van der Waals surface area (Å²) in [6, 6.07) is 5.06. The predicted molar refractivity (Wildman–Crippen MR) is 73.7 cm³/mol. The number of carbonyl (C=O) groups excluding carboxylic acids is 1. The van der Waals surface area contributed by atoms with E-state index in [1.807, 2.05) is 26.8 Å². The third-order valence-corrected chi connectivity index (χ3v) is 3.19. The molecule has 0 fully saturated rings. The van der Waals surface area contributed by atoms with Crippen LogP contribution in [0.2, 0.25) is 0 Å². The number of aromatic hydroxyl groups is 1. The predicted octanol–water partition coefficient (Wildman–Crippen LogP) is 2.04. The largest absolute Gasteiger partial charge is 0.508 e. The molecule has 4 nitrogen and oxygen atoms in total. The minimum absolute atomic E-state index is 0.0243. The van der Waals surface area contributed by atoms with Crippen LogP contribution in [0.4, 0.5) is 5.69 Å². The molecule has 0 aromatic heterocycles. The third-order valence-electron chi connectivity index (χ3n) is 3.19. The number of rotatable bonds is 5. The van der Waals surface area contributed by atoms with Gasteiger partial charge in [-0.2, -0.15) is 0 Å². The molecule has 0 aliphatic carbocycles. The first-order valence-corrected chi connectivity index (χ1v) is 6.36. The summed E-state index contributed by atoms with van der Waals surface area (Å²) in [6.07, 6.45) is 0.726. The summed E-state index contributed by atoms with van der Waals surface area (Å²) < 4.78 is 0. The van der Waals surface area contributed by atoms with Crippen LogP contribution in [-0.2, 0) is 4.79 Å². The number of phenols is 1. The second-order valence-electron chi connectivity index (χ2n) is 4.39. The van der Waals surface area contributed by atoms with E-state index in [1.54, 1.807) is 17.0 Å². The molecule has 0 saturated heterocycles. The highest BCUT2D eigenvalue weighted by Gasteiger charge is 2.23. The highest BCUT2D eigenvalue weighted by molar-refractivity contribution is 5.96. The van der Waals surface area contributed by atoms with Gasteiger partial charge in [0.1, 0.15) is 5.75 Å². The Kier molecular flexibility index (Phi) is 5.16. The van der Waals surface area contributed by atoms with E-state index in [4.69, 9.17) is 5.73 Å². The van der Waals surface area contributed by atoms with Crippen LogP contribution in [0, 0.1) is 12.8 Å². The highest BCUT2D eigenvalue weighted by Crippen LogP contribution is 2.26. The number of nitrogens with zero attached hydrogens (tertiary/aromatic N) is 1. The van der Waals surface area contributed by atoms with E-state index in [2.05, 4.69) is 0 Å². The van der Waals surface area contributed by atoms with Crippen molar-refractivity contribution in [3.63, 3.8) is 0 Å². The van der Waals surface area contributed by atoms with Gasteiger partial charge in [-0.1, -0.05) is 13.0 Å². The van der Waals surface area contributed by atoms with Crippen LogP contribution in [0.5, 0.6) is 5.75 Å². The normalized spacial score (nSPS) is 12.2. The van der Waals surface area contributed by atoms with E-state index in [9.17, 15) is 9.90 Å². The van der Waals surface area contributed by atoms with E-state index < -0.39 is 0 Å². The van der Waals surface area contributed by atoms with Crippen molar-refractivity contribution in [3.05, 3.63) is 23.8 Å². The first kappa shape index (κ1) is 14.5. The monoisotopic (exact) mass is 250 g/mol. The smallest absolute Gasteiger partial charge is 0.231 e. The van der Waals surface area contributed by atoms with Crippen molar-refractivity contribution in [2.45, 2.75) is 27.2 Å². The van der Waals surface area contributed by atoms with Gasteiger partial charge in [0, 0.05) is 19.2 Å². The molecule has 1 aromatic carbocycles. The molecule has 3 N–H and O–H groups in total. The summed E-state index contributed by atoms with van der Waals surface area (Å²) >= 11 is 0. The summed E-state index contributed by atoms with van der Waals surface area (Å²) in [5.74, 6) is 0.0329. The van der Waals surface area contributed by atoms with Crippen molar-refractivity contribution in [1.82, 2.24) is 0 Å². The number of phenolic OH excluding ortho intramolecular Hbond substituents is 1. The highest BCUT2D eigenvalue weighted by atomic mass is 16.3. The summed E-state index contributed by atoms with van der Waals surface area (Å²) in [7, 11) is 0. The van der Waals surface area contributed by atoms with Crippen molar-refractivity contribution in [1.29, 1.82) is 0 Å².